The van der Waals surface area contributed by atoms with Gasteiger partial charge in [-0.25, -0.2) is 12.8 Å². The summed E-state index contributed by atoms with van der Waals surface area (Å²) in [5, 5.41) is 2.73. The van der Waals surface area contributed by atoms with Crippen LogP contribution in [0.25, 0.3) is 0 Å². The Bertz CT molecular complexity index is 968. The molecular weight excluding hydrogens is 419 g/mol. The maximum Gasteiger partial charge on any atom is 0.244 e. The van der Waals surface area contributed by atoms with E-state index in [0.29, 0.717) is 5.75 Å². The molecule has 1 amide bonds. The molecule has 0 saturated carbocycles. The Balaban J connectivity index is 1.99. The molecule has 0 radical (unpaired) electrons. The minimum atomic E-state index is -3.76. The van der Waals surface area contributed by atoms with Gasteiger partial charge in [0.25, 0.3) is 0 Å². The number of halogens is 1. The summed E-state index contributed by atoms with van der Waals surface area (Å²) in [6.45, 7) is 8.58. The number of carbonyl (C=O) groups excluding carboxylic acids is 1. The molecule has 170 valence electrons. The molecule has 1 N–H and O–H groups in total. The molecule has 0 aliphatic heterocycles. The van der Waals surface area contributed by atoms with Crippen molar-refractivity contribution in [3.05, 3.63) is 59.9 Å². The molecule has 0 saturated heterocycles. The smallest absolute Gasteiger partial charge is 0.244 e. The van der Waals surface area contributed by atoms with Crippen LogP contribution < -0.4 is 14.4 Å². The Morgan fingerprint density at radius 1 is 1.10 bits per heavy atom. The third-order valence-corrected chi connectivity index (χ3v) is 5.98. The first kappa shape index (κ1) is 24.7. The molecule has 0 heterocycles. The number of carbonyl (C=O) groups is 1. The molecule has 2 aromatic rings. The van der Waals surface area contributed by atoms with Gasteiger partial charge in [-0.2, -0.15) is 0 Å². The van der Waals surface area contributed by atoms with Crippen molar-refractivity contribution in [2.24, 2.45) is 0 Å². The van der Waals surface area contributed by atoms with E-state index >= 15 is 0 Å². The van der Waals surface area contributed by atoms with Gasteiger partial charge in [-0.3, -0.25) is 9.10 Å². The molecule has 0 bridgehead atoms. The van der Waals surface area contributed by atoms with Crippen LogP contribution in [-0.4, -0.2) is 39.8 Å². The van der Waals surface area contributed by atoms with Gasteiger partial charge in [0.05, 0.1) is 18.5 Å². The fourth-order valence-electron chi connectivity index (χ4n) is 3.16. The van der Waals surface area contributed by atoms with E-state index in [0.717, 1.165) is 22.7 Å². The fourth-order valence-corrected chi connectivity index (χ4v) is 4.37. The van der Waals surface area contributed by atoms with Crippen molar-refractivity contribution < 1.29 is 22.3 Å². The zero-order valence-corrected chi connectivity index (χ0v) is 19.5. The van der Waals surface area contributed by atoms with E-state index in [1.807, 2.05) is 24.3 Å². The van der Waals surface area contributed by atoms with Crippen molar-refractivity contribution >= 4 is 21.6 Å². The SMILES string of the molecule is CC[C@H](C(=O)NCCOc1ccc(C(C)(C)C)cc1)N(c1ccc(F)cc1)S(C)(=O)=O. The lowest BCUT2D eigenvalue weighted by Crippen LogP contribution is -2.50. The highest BCUT2D eigenvalue weighted by molar-refractivity contribution is 7.92. The molecule has 6 nitrogen and oxygen atoms in total. The topological polar surface area (TPSA) is 75.7 Å². The van der Waals surface area contributed by atoms with E-state index in [4.69, 9.17) is 4.74 Å². The zero-order valence-electron chi connectivity index (χ0n) is 18.7. The number of rotatable bonds is 9. The van der Waals surface area contributed by atoms with Gasteiger partial charge in [0, 0.05) is 0 Å². The summed E-state index contributed by atoms with van der Waals surface area (Å²) in [6.07, 6.45) is 1.28. The Morgan fingerprint density at radius 3 is 2.16 bits per heavy atom. The van der Waals surface area contributed by atoms with Crippen LogP contribution in [0.2, 0.25) is 0 Å². The summed E-state index contributed by atoms with van der Waals surface area (Å²) in [4.78, 5) is 12.7. The number of anilines is 1. The van der Waals surface area contributed by atoms with Gasteiger partial charge in [-0.15, -0.1) is 0 Å². The third-order valence-electron chi connectivity index (χ3n) is 4.80. The molecule has 0 aliphatic carbocycles. The molecule has 0 fully saturated rings. The molecule has 1 atom stereocenters. The molecule has 0 unspecified atom stereocenters. The van der Waals surface area contributed by atoms with E-state index in [1.165, 1.54) is 17.7 Å². The van der Waals surface area contributed by atoms with Crippen molar-refractivity contribution in [3.8, 4) is 5.75 Å². The highest BCUT2D eigenvalue weighted by Gasteiger charge is 2.31. The van der Waals surface area contributed by atoms with E-state index < -0.39 is 27.8 Å². The normalized spacial score (nSPS) is 12.8. The predicted molar refractivity (Wildman–Crippen MR) is 121 cm³/mol. The number of hydrogen-bond donors (Lipinski definition) is 1. The van der Waals surface area contributed by atoms with Crippen LogP contribution in [-0.2, 0) is 20.2 Å². The Morgan fingerprint density at radius 2 is 1.68 bits per heavy atom. The van der Waals surface area contributed by atoms with Gasteiger partial charge in [0.2, 0.25) is 15.9 Å². The molecule has 0 aromatic heterocycles. The molecule has 2 rings (SSSR count). The molecule has 8 heteroatoms. The zero-order chi connectivity index (χ0) is 23.2. The predicted octanol–water partition coefficient (Wildman–Crippen LogP) is 3.86. The Hall–Kier alpha value is -2.61. The van der Waals surface area contributed by atoms with Crippen molar-refractivity contribution in [2.45, 2.75) is 45.6 Å². The van der Waals surface area contributed by atoms with Gasteiger partial charge in [0.1, 0.15) is 24.2 Å². The van der Waals surface area contributed by atoms with Gasteiger partial charge in [-0.05, 0) is 53.8 Å². The lowest BCUT2D eigenvalue weighted by Gasteiger charge is -2.30. The molecule has 0 aliphatic rings. The van der Waals surface area contributed by atoms with Crippen LogP contribution >= 0.6 is 0 Å². The second-order valence-electron chi connectivity index (χ2n) is 8.37. The second-order valence-corrected chi connectivity index (χ2v) is 10.2. The molecular formula is C23H31FN2O4S. The van der Waals surface area contributed by atoms with E-state index in [1.54, 1.807) is 6.92 Å². The molecule has 31 heavy (non-hydrogen) atoms. The highest BCUT2D eigenvalue weighted by Crippen LogP contribution is 2.24. The molecule has 0 spiro atoms. The maximum absolute atomic E-state index is 13.3. The van der Waals surface area contributed by atoms with Gasteiger partial charge < -0.3 is 10.1 Å². The van der Waals surface area contributed by atoms with Crippen LogP contribution in [0.1, 0.15) is 39.7 Å². The van der Waals surface area contributed by atoms with Crippen LogP contribution in [0.5, 0.6) is 5.75 Å². The second kappa shape index (κ2) is 10.1. The third kappa shape index (κ3) is 6.95. The lowest BCUT2D eigenvalue weighted by atomic mass is 9.87. The number of amides is 1. The number of hydrogen-bond acceptors (Lipinski definition) is 4. The first-order valence-corrected chi connectivity index (χ1v) is 12.0. The fraction of sp³-hybridized carbons (Fsp3) is 0.435. The quantitative estimate of drug-likeness (QED) is 0.589. The van der Waals surface area contributed by atoms with Crippen molar-refractivity contribution in [2.75, 3.05) is 23.7 Å². The monoisotopic (exact) mass is 450 g/mol. The van der Waals surface area contributed by atoms with Crippen molar-refractivity contribution in [1.29, 1.82) is 0 Å². The highest BCUT2D eigenvalue weighted by atomic mass is 32.2. The summed E-state index contributed by atoms with van der Waals surface area (Å²) in [7, 11) is -3.76. The largest absolute Gasteiger partial charge is 0.492 e. The average Bonchev–Trinajstić information content (AvgIpc) is 2.69. The Kier molecular flexibility index (Phi) is 8.06. The van der Waals surface area contributed by atoms with Crippen LogP contribution in [0, 0.1) is 5.82 Å². The first-order valence-electron chi connectivity index (χ1n) is 10.2. The number of benzene rings is 2. The Labute approximate surface area is 184 Å². The minimum absolute atomic E-state index is 0.0533. The summed E-state index contributed by atoms with van der Waals surface area (Å²) >= 11 is 0. The van der Waals surface area contributed by atoms with Crippen molar-refractivity contribution in [1.82, 2.24) is 5.32 Å². The number of nitrogens with zero attached hydrogens (tertiary/aromatic N) is 1. The van der Waals surface area contributed by atoms with Gasteiger partial charge in [-0.1, -0.05) is 39.8 Å². The van der Waals surface area contributed by atoms with Crippen LogP contribution in [0.15, 0.2) is 48.5 Å². The summed E-state index contributed by atoms with van der Waals surface area (Å²) < 4.78 is 44.7. The molecule has 2 aromatic carbocycles. The summed E-state index contributed by atoms with van der Waals surface area (Å²) in [6, 6.07) is 11.9. The average molecular weight is 451 g/mol. The van der Waals surface area contributed by atoms with E-state index in [-0.39, 0.29) is 30.7 Å². The first-order chi connectivity index (χ1) is 14.4. The van der Waals surface area contributed by atoms with Gasteiger partial charge >= 0.3 is 0 Å². The number of ether oxygens (including phenoxy) is 1. The number of sulfonamides is 1. The summed E-state index contributed by atoms with van der Waals surface area (Å²) in [5.74, 6) is -0.232. The van der Waals surface area contributed by atoms with Gasteiger partial charge in [0.15, 0.2) is 0 Å². The minimum Gasteiger partial charge on any atom is -0.492 e. The lowest BCUT2D eigenvalue weighted by molar-refractivity contribution is -0.122. The van der Waals surface area contributed by atoms with E-state index in [2.05, 4.69) is 26.1 Å². The summed E-state index contributed by atoms with van der Waals surface area (Å²) in [5.41, 5.74) is 1.49. The van der Waals surface area contributed by atoms with Crippen LogP contribution in [0.4, 0.5) is 10.1 Å². The van der Waals surface area contributed by atoms with Crippen LogP contribution in [0.3, 0.4) is 0 Å². The van der Waals surface area contributed by atoms with E-state index in [9.17, 15) is 17.6 Å². The maximum atomic E-state index is 13.3. The van der Waals surface area contributed by atoms with Crippen molar-refractivity contribution in [3.63, 3.8) is 0 Å². The standard InChI is InChI=1S/C23H31FN2O4S/c1-6-21(26(31(5,28)29)19-11-9-18(24)10-12-19)22(27)25-15-16-30-20-13-7-17(8-14-20)23(2,3)4/h7-14,21H,6,15-16H2,1-5H3,(H,25,27)/t21-/m1/s1. The number of nitrogens with one attached hydrogen (secondary N) is 1.